The average Bonchev–Trinajstić information content (AvgIpc) is 2.73. The summed E-state index contributed by atoms with van der Waals surface area (Å²) in [7, 11) is 0. The van der Waals surface area contributed by atoms with Crippen molar-refractivity contribution >= 4 is 29.0 Å². The maximum absolute atomic E-state index is 11.9. The summed E-state index contributed by atoms with van der Waals surface area (Å²) in [4.78, 5) is 25.1. The molecule has 1 aromatic carbocycles. The van der Waals surface area contributed by atoms with Crippen LogP contribution in [0.5, 0.6) is 0 Å². The van der Waals surface area contributed by atoms with Crippen molar-refractivity contribution < 1.29 is 9.59 Å². The van der Waals surface area contributed by atoms with Crippen molar-refractivity contribution in [2.24, 2.45) is 0 Å². The molecule has 20 heavy (non-hydrogen) atoms. The normalized spacial score (nSPS) is 17.1. The Balaban J connectivity index is 2.05. The molecule has 0 unspecified atom stereocenters. The van der Waals surface area contributed by atoms with E-state index >= 15 is 0 Å². The Morgan fingerprint density at radius 3 is 2.70 bits per heavy atom. The lowest BCUT2D eigenvalue weighted by Gasteiger charge is -2.08. The van der Waals surface area contributed by atoms with Crippen LogP contribution in [0.25, 0.3) is 6.08 Å². The predicted octanol–water partition coefficient (Wildman–Crippen LogP) is 3.19. The molecule has 100 valence electrons. The van der Waals surface area contributed by atoms with Crippen LogP contribution >= 0.6 is 11.8 Å². The molecule has 1 aromatic rings. The molecule has 1 heterocycles. The van der Waals surface area contributed by atoms with Gasteiger partial charge in [0.15, 0.2) is 0 Å². The molecule has 2 rings (SSSR count). The molecule has 0 atom stereocenters. The first kappa shape index (κ1) is 14.1. The van der Waals surface area contributed by atoms with Crippen LogP contribution in [0.2, 0.25) is 0 Å². The summed E-state index contributed by atoms with van der Waals surface area (Å²) in [5.41, 5.74) is 1.02. The van der Waals surface area contributed by atoms with Crippen molar-refractivity contribution in [1.29, 1.82) is 5.26 Å². The maximum Gasteiger partial charge on any atom is 0.293 e. The lowest BCUT2D eigenvalue weighted by atomic mass is 10.2. The van der Waals surface area contributed by atoms with Crippen molar-refractivity contribution in [3.05, 3.63) is 53.0 Å². The van der Waals surface area contributed by atoms with Crippen LogP contribution in [0.4, 0.5) is 4.79 Å². The van der Waals surface area contributed by atoms with Crippen LogP contribution in [-0.2, 0) is 4.79 Å². The van der Waals surface area contributed by atoms with Crippen LogP contribution in [0, 0.1) is 11.3 Å². The second-order valence-corrected chi connectivity index (χ2v) is 5.03. The summed E-state index contributed by atoms with van der Waals surface area (Å²) in [6.45, 7) is 0.154. The Hall–Kier alpha value is -2.32. The molecule has 1 fully saturated rings. The Labute approximate surface area is 121 Å². The van der Waals surface area contributed by atoms with Crippen molar-refractivity contribution in [3.63, 3.8) is 0 Å². The van der Waals surface area contributed by atoms with Gasteiger partial charge in [0.2, 0.25) is 0 Å². The smallest absolute Gasteiger partial charge is 0.268 e. The number of amides is 2. The highest BCUT2D eigenvalue weighted by Gasteiger charge is 2.34. The molecule has 2 amide bonds. The average molecular weight is 284 g/mol. The van der Waals surface area contributed by atoms with Gasteiger partial charge in [-0.1, -0.05) is 42.5 Å². The predicted molar refractivity (Wildman–Crippen MR) is 78.5 cm³/mol. The van der Waals surface area contributed by atoms with Gasteiger partial charge >= 0.3 is 0 Å². The van der Waals surface area contributed by atoms with Crippen molar-refractivity contribution in [2.75, 3.05) is 6.54 Å². The monoisotopic (exact) mass is 284 g/mol. The quantitative estimate of drug-likeness (QED) is 0.797. The zero-order valence-corrected chi connectivity index (χ0v) is 11.5. The number of hydrogen-bond acceptors (Lipinski definition) is 4. The van der Waals surface area contributed by atoms with Crippen LogP contribution in [0.15, 0.2) is 47.4 Å². The van der Waals surface area contributed by atoms with E-state index in [-0.39, 0.29) is 24.1 Å². The summed E-state index contributed by atoms with van der Waals surface area (Å²) >= 11 is 0.905. The Morgan fingerprint density at radius 1 is 1.25 bits per heavy atom. The van der Waals surface area contributed by atoms with Gasteiger partial charge in [0, 0.05) is 6.54 Å². The number of benzene rings is 1. The molecule has 0 aromatic heterocycles. The summed E-state index contributed by atoms with van der Waals surface area (Å²) < 4.78 is 0. The van der Waals surface area contributed by atoms with Gasteiger partial charge in [-0.25, -0.2) is 0 Å². The number of thioether (sulfide) groups is 1. The molecule has 0 spiro atoms. The summed E-state index contributed by atoms with van der Waals surface area (Å²) in [6, 6.07) is 11.6. The van der Waals surface area contributed by atoms with Crippen molar-refractivity contribution in [2.45, 2.75) is 6.42 Å². The lowest BCUT2D eigenvalue weighted by Crippen LogP contribution is -2.28. The lowest BCUT2D eigenvalue weighted by molar-refractivity contribution is -0.122. The minimum Gasteiger partial charge on any atom is -0.268 e. The highest BCUT2D eigenvalue weighted by Crippen LogP contribution is 2.30. The van der Waals surface area contributed by atoms with E-state index in [9.17, 15) is 9.59 Å². The topological polar surface area (TPSA) is 61.2 Å². The summed E-state index contributed by atoms with van der Waals surface area (Å²) in [5, 5.41) is 8.19. The number of allylic oxidation sites excluding steroid dienone is 2. The van der Waals surface area contributed by atoms with Gasteiger partial charge in [-0.2, -0.15) is 5.26 Å². The van der Waals surface area contributed by atoms with Gasteiger partial charge in [-0.05, 0) is 23.4 Å². The Bertz CT molecular complexity index is 615. The van der Waals surface area contributed by atoms with E-state index in [1.54, 1.807) is 12.2 Å². The molecular formula is C15H12N2O2S. The van der Waals surface area contributed by atoms with Crippen LogP contribution in [0.3, 0.4) is 0 Å². The van der Waals surface area contributed by atoms with Crippen LogP contribution in [0.1, 0.15) is 12.0 Å². The molecule has 0 saturated carbocycles. The fourth-order valence-electron chi connectivity index (χ4n) is 1.68. The number of hydrogen-bond donors (Lipinski definition) is 0. The second-order valence-electron chi connectivity index (χ2n) is 4.03. The molecular weight excluding hydrogens is 272 g/mol. The summed E-state index contributed by atoms with van der Waals surface area (Å²) in [6.07, 6.45) is 5.40. The first-order valence-electron chi connectivity index (χ1n) is 6.06. The third-order valence-electron chi connectivity index (χ3n) is 2.66. The van der Waals surface area contributed by atoms with Gasteiger partial charge in [0.05, 0.1) is 17.4 Å². The van der Waals surface area contributed by atoms with E-state index in [0.717, 1.165) is 22.2 Å². The van der Waals surface area contributed by atoms with Crippen LogP contribution in [-0.4, -0.2) is 22.6 Å². The standard InChI is InChI=1S/C15H12N2O2S/c16-10-5-11-17-14(18)13(20-15(17)19)9-4-8-12-6-2-1-3-7-12/h1-4,6-9H,5,11H2/b8-4+,13-9-. The summed E-state index contributed by atoms with van der Waals surface area (Å²) in [5.74, 6) is -0.326. The van der Waals surface area contributed by atoms with Gasteiger partial charge in [-0.15, -0.1) is 0 Å². The molecule has 5 heteroatoms. The second kappa shape index (κ2) is 6.73. The largest absolute Gasteiger partial charge is 0.293 e. The maximum atomic E-state index is 11.9. The van der Waals surface area contributed by atoms with Crippen LogP contribution < -0.4 is 0 Å². The molecule has 0 N–H and O–H groups in total. The third kappa shape index (κ3) is 3.37. The van der Waals surface area contributed by atoms with Gasteiger partial charge in [-0.3, -0.25) is 14.5 Å². The molecule has 1 aliphatic heterocycles. The van der Waals surface area contributed by atoms with E-state index in [2.05, 4.69) is 0 Å². The molecule has 1 saturated heterocycles. The zero-order chi connectivity index (χ0) is 14.4. The van der Waals surface area contributed by atoms with E-state index in [0.29, 0.717) is 4.91 Å². The Kier molecular flexibility index (Phi) is 4.75. The molecule has 0 aliphatic carbocycles. The number of carbonyl (C=O) groups is 2. The number of imide groups is 1. The first-order valence-corrected chi connectivity index (χ1v) is 6.88. The zero-order valence-electron chi connectivity index (χ0n) is 10.7. The highest BCUT2D eigenvalue weighted by molar-refractivity contribution is 8.18. The first-order chi connectivity index (χ1) is 9.72. The number of carbonyl (C=O) groups excluding carboxylic acids is 2. The highest BCUT2D eigenvalue weighted by atomic mass is 32.2. The van der Waals surface area contributed by atoms with E-state index in [1.807, 2.05) is 42.5 Å². The van der Waals surface area contributed by atoms with E-state index in [1.165, 1.54) is 0 Å². The van der Waals surface area contributed by atoms with Crippen molar-refractivity contribution in [1.82, 2.24) is 4.90 Å². The molecule has 0 bridgehead atoms. The molecule has 0 radical (unpaired) electrons. The third-order valence-corrected chi connectivity index (χ3v) is 3.58. The fraction of sp³-hybridized carbons (Fsp3) is 0.133. The van der Waals surface area contributed by atoms with Gasteiger partial charge in [0.1, 0.15) is 0 Å². The van der Waals surface area contributed by atoms with Crippen molar-refractivity contribution in [3.8, 4) is 6.07 Å². The fourth-order valence-corrected chi connectivity index (χ4v) is 2.50. The molecule has 4 nitrogen and oxygen atoms in total. The number of nitrogens with zero attached hydrogens (tertiary/aromatic N) is 2. The van der Waals surface area contributed by atoms with E-state index in [4.69, 9.17) is 5.26 Å². The number of rotatable bonds is 4. The van der Waals surface area contributed by atoms with Gasteiger partial charge < -0.3 is 0 Å². The number of nitriles is 1. The molecule has 1 aliphatic rings. The SMILES string of the molecule is N#CCCN1C(=O)S/C(=C\C=C\c2ccccc2)C1=O. The Morgan fingerprint density at radius 2 is 2.00 bits per heavy atom. The minimum absolute atomic E-state index is 0.154. The van der Waals surface area contributed by atoms with E-state index < -0.39 is 0 Å². The van der Waals surface area contributed by atoms with Gasteiger partial charge in [0.25, 0.3) is 11.1 Å². The minimum atomic E-state index is -0.326.